The Morgan fingerprint density at radius 2 is 2.17 bits per heavy atom. The smallest absolute Gasteiger partial charge is 0.230 e. The first-order valence-corrected chi connectivity index (χ1v) is 9.20. The molecule has 1 aliphatic carbocycles. The minimum absolute atomic E-state index is 0.00515. The Bertz CT molecular complexity index is 692. The molecule has 0 aromatic carbocycles. The predicted molar refractivity (Wildman–Crippen MR) is 92.5 cm³/mol. The van der Waals surface area contributed by atoms with Gasteiger partial charge >= 0.3 is 0 Å². The molecule has 0 bridgehead atoms. The normalized spacial score (nSPS) is 16.8. The number of aryl methyl sites for hydroxylation is 1. The Morgan fingerprint density at radius 3 is 2.91 bits per heavy atom. The van der Waals surface area contributed by atoms with Crippen molar-refractivity contribution in [2.75, 3.05) is 12.4 Å². The number of fused-ring (bicyclic) bond motifs is 1. The maximum atomic E-state index is 12.1. The quantitative estimate of drug-likeness (QED) is 0.851. The summed E-state index contributed by atoms with van der Waals surface area (Å²) in [6, 6.07) is 4.05. The van der Waals surface area contributed by atoms with Crippen LogP contribution in [0, 0.1) is 6.92 Å². The van der Waals surface area contributed by atoms with Crippen LogP contribution in [0.15, 0.2) is 24.5 Å². The summed E-state index contributed by atoms with van der Waals surface area (Å²) in [5.74, 6) is 1.11. The number of rotatable bonds is 6. The minimum atomic E-state index is -0.377. The van der Waals surface area contributed by atoms with Crippen LogP contribution in [0.5, 0.6) is 0 Å². The number of carbonyl (C=O) groups is 1. The number of pyridine rings is 1. The van der Waals surface area contributed by atoms with Crippen molar-refractivity contribution >= 4 is 23.3 Å². The molecule has 2 heterocycles. The highest BCUT2D eigenvalue weighted by molar-refractivity contribution is 7.99. The van der Waals surface area contributed by atoms with Gasteiger partial charge in [0.05, 0.1) is 23.6 Å². The molecule has 0 aliphatic heterocycles. The van der Waals surface area contributed by atoms with Gasteiger partial charge in [-0.05, 0) is 31.4 Å². The van der Waals surface area contributed by atoms with Gasteiger partial charge in [-0.2, -0.15) is 0 Å². The molecule has 1 saturated carbocycles. The Balaban J connectivity index is 1.51. The number of nitrogens with one attached hydrogen (secondary N) is 1. The fourth-order valence-electron chi connectivity index (χ4n) is 3.18. The molecule has 0 unspecified atom stereocenters. The van der Waals surface area contributed by atoms with Crippen molar-refractivity contribution in [1.82, 2.24) is 14.7 Å². The van der Waals surface area contributed by atoms with Crippen LogP contribution in [0.25, 0.3) is 5.65 Å². The Labute approximate surface area is 140 Å². The zero-order valence-corrected chi connectivity index (χ0v) is 14.2. The molecule has 5 nitrogen and oxygen atoms in total. The molecule has 23 heavy (non-hydrogen) atoms. The zero-order chi connectivity index (χ0) is 16.3. The summed E-state index contributed by atoms with van der Waals surface area (Å²) in [6.07, 6.45) is 7.98. The van der Waals surface area contributed by atoms with E-state index in [0.29, 0.717) is 11.5 Å². The van der Waals surface area contributed by atoms with Gasteiger partial charge in [-0.15, -0.1) is 11.8 Å². The van der Waals surface area contributed by atoms with Crippen LogP contribution in [0.3, 0.4) is 0 Å². The number of amides is 1. The summed E-state index contributed by atoms with van der Waals surface area (Å²) in [6.45, 7) is 2.09. The van der Waals surface area contributed by atoms with Crippen LogP contribution in [0.4, 0.5) is 0 Å². The van der Waals surface area contributed by atoms with Crippen molar-refractivity contribution in [2.24, 2.45) is 0 Å². The molecule has 1 amide bonds. The molecule has 0 saturated heterocycles. The van der Waals surface area contributed by atoms with E-state index in [1.165, 1.54) is 5.56 Å². The average Bonchev–Trinajstić information content (AvgIpc) is 3.14. The van der Waals surface area contributed by atoms with Gasteiger partial charge in [-0.1, -0.05) is 18.9 Å². The summed E-state index contributed by atoms with van der Waals surface area (Å²) < 4.78 is 2.02. The summed E-state index contributed by atoms with van der Waals surface area (Å²) in [5.41, 5.74) is 2.73. The standard InChI is InChI=1S/C17H23N3O2S/c1-13-4-5-15-18-14(9-20(15)8-13)10-23-11-16(22)19-17(12-21)6-2-3-7-17/h4-5,8-9,21H,2-3,6-7,10-12H2,1H3,(H,19,22). The third-order valence-electron chi connectivity index (χ3n) is 4.40. The number of thioether (sulfide) groups is 1. The van der Waals surface area contributed by atoms with Crippen molar-refractivity contribution in [3.05, 3.63) is 35.8 Å². The molecular weight excluding hydrogens is 310 g/mol. The average molecular weight is 333 g/mol. The van der Waals surface area contributed by atoms with E-state index < -0.39 is 0 Å². The van der Waals surface area contributed by atoms with Crippen LogP contribution >= 0.6 is 11.8 Å². The molecular formula is C17H23N3O2S. The number of aliphatic hydroxyl groups excluding tert-OH is 1. The molecule has 1 fully saturated rings. The van der Waals surface area contributed by atoms with Crippen molar-refractivity contribution < 1.29 is 9.90 Å². The lowest BCUT2D eigenvalue weighted by molar-refractivity contribution is -0.121. The van der Waals surface area contributed by atoms with E-state index in [9.17, 15) is 9.90 Å². The van der Waals surface area contributed by atoms with Gasteiger partial charge < -0.3 is 14.8 Å². The number of carbonyl (C=O) groups excluding carboxylic acids is 1. The SMILES string of the molecule is Cc1ccc2nc(CSCC(=O)NC3(CO)CCCC3)cn2c1. The van der Waals surface area contributed by atoms with E-state index in [0.717, 1.165) is 37.0 Å². The lowest BCUT2D eigenvalue weighted by Gasteiger charge is -2.27. The molecule has 0 spiro atoms. The highest BCUT2D eigenvalue weighted by Gasteiger charge is 2.34. The first-order chi connectivity index (χ1) is 11.1. The van der Waals surface area contributed by atoms with E-state index in [-0.39, 0.29) is 18.1 Å². The highest BCUT2D eigenvalue weighted by atomic mass is 32.2. The maximum absolute atomic E-state index is 12.1. The van der Waals surface area contributed by atoms with Crippen molar-refractivity contribution in [3.63, 3.8) is 0 Å². The lowest BCUT2D eigenvalue weighted by atomic mass is 9.99. The summed E-state index contributed by atoms with van der Waals surface area (Å²) >= 11 is 1.56. The molecule has 1 aliphatic rings. The Hall–Kier alpha value is -1.53. The number of hydrogen-bond acceptors (Lipinski definition) is 4. The third kappa shape index (κ3) is 3.87. The largest absolute Gasteiger partial charge is 0.394 e. The number of nitrogens with zero attached hydrogens (tertiary/aromatic N) is 2. The predicted octanol–water partition coefficient (Wildman–Crippen LogP) is 2.30. The molecule has 6 heteroatoms. The second kappa shape index (κ2) is 6.93. The van der Waals surface area contributed by atoms with E-state index in [1.807, 2.05) is 28.9 Å². The Kier molecular flexibility index (Phi) is 4.92. The van der Waals surface area contributed by atoms with Crippen molar-refractivity contribution in [3.8, 4) is 0 Å². The van der Waals surface area contributed by atoms with Crippen LogP contribution in [0.2, 0.25) is 0 Å². The van der Waals surface area contributed by atoms with Gasteiger partial charge in [-0.25, -0.2) is 4.98 Å². The molecule has 0 radical (unpaired) electrons. The van der Waals surface area contributed by atoms with E-state index >= 15 is 0 Å². The molecule has 0 atom stereocenters. The molecule has 2 aromatic rings. The maximum Gasteiger partial charge on any atom is 0.230 e. The second-order valence-corrected chi connectivity index (χ2v) is 7.38. The van der Waals surface area contributed by atoms with Crippen molar-refractivity contribution in [2.45, 2.75) is 43.9 Å². The van der Waals surface area contributed by atoms with E-state index in [2.05, 4.69) is 17.2 Å². The van der Waals surface area contributed by atoms with Crippen LogP contribution in [-0.4, -0.2) is 38.3 Å². The Morgan fingerprint density at radius 1 is 1.39 bits per heavy atom. The number of aromatic nitrogens is 2. The number of aliphatic hydroxyl groups is 1. The highest BCUT2D eigenvalue weighted by Crippen LogP contribution is 2.29. The van der Waals surface area contributed by atoms with Crippen LogP contribution in [-0.2, 0) is 10.5 Å². The van der Waals surface area contributed by atoms with Crippen LogP contribution < -0.4 is 5.32 Å². The summed E-state index contributed by atoms with van der Waals surface area (Å²) in [7, 11) is 0. The van der Waals surface area contributed by atoms with Gasteiger partial charge in [0.15, 0.2) is 0 Å². The number of hydrogen-bond donors (Lipinski definition) is 2. The molecule has 124 valence electrons. The second-order valence-electron chi connectivity index (χ2n) is 6.39. The molecule has 2 N–H and O–H groups in total. The van der Waals surface area contributed by atoms with Gasteiger partial charge in [-0.3, -0.25) is 4.79 Å². The van der Waals surface area contributed by atoms with Gasteiger partial charge in [0.1, 0.15) is 5.65 Å². The first-order valence-electron chi connectivity index (χ1n) is 8.04. The van der Waals surface area contributed by atoms with Crippen LogP contribution in [0.1, 0.15) is 36.9 Å². The number of imidazole rings is 1. The molecule has 2 aromatic heterocycles. The van der Waals surface area contributed by atoms with Gasteiger partial charge in [0, 0.05) is 18.1 Å². The molecule has 3 rings (SSSR count). The topological polar surface area (TPSA) is 66.6 Å². The van der Waals surface area contributed by atoms with Gasteiger partial charge in [0.2, 0.25) is 5.91 Å². The van der Waals surface area contributed by atoms with E-state index in [1.54, 1.807) is 11.8 Å². The summed E-state index contributed by atoms with van der Waals surface area (Å²) in [5, 5.41) is 12.6. The summed E-state index contributed by atoms with van der Waals surface area (Å²) in [4.78, 5) is 16.7. The van der Waals surface area contributed by atoms with Gasteiger partial charge in [0.25, 0.3) is 0 Å². The third-order valence-corrected chi connectivity index (χ3v) is 5.37. The monoisotopic (exact) mass is 333 g/mol. The van der Waals surface area contributed by atoms with Crippen molar-refractivity contribution in [1.29, 1.82) is 0 Å². The lowest BCUT2D eigenvalue weighted by Crippen LogP contribution is -2.49. The fourth-order valence-corrected chi connectivity index (χ4v) is 3.89. The fraction of sp³-hybridized carbons (Fsp3) is 0.529. The van der Waals surface area contributed by atoms with E-state index in [4.69, 9.17) is 0 Å². The first kappa shape index (κ1) is 16.3. The minimum Gasteiger partial charge on any atom is -0.394 e. The zero-order valence-electron chi connectivity index (χ0n) is 13.4.